The van der Waals surface area contributed by atoms with Gasteiger partial charge in [0.15, 0.2) is 5.78 Å². The van der Waals surface area contributed by atoms with Crippen LogP contribution in [0.1, 0.15) is 43.4 Å². The SMILES string of the molecule is Cc1cc(C)cc(CC(=O)C(C)(C)N2CCCC2)c1. The Labute approximate surface area is 116 Å². The molecule has 1 fully saturated rings. The zero-order valence-corrected chi connectivity index (χ0v) is 12.6. The number of hydrogen-bond donors (Lipinski definition) is 0. The van der Waals surface area contributed by atoms with Crippen LogP contribution < -0.4 is 0 Å². The summed E-state index contributed by atoms with van der Waals surface area (Å²) in [6, 6.07) is 6.41. The lowest BCUT2D eigenvalue weighted by Gasteiger charge is -2.34. The van der Waals surface area contributed by atoms with E-state index in [0.29, 0.717) is 12.2 Å². The lowest BCUT2D eigenvalue weighted by Crippen LogP contribution is -2.49. The largest absolute Gasteiger partial charge is 0.297 e. The molecule has 1 saturated heterocycles. The lowest BCUT2D eigenvalue weighted by atomic mass is 9.91. The van der Waals surface area contributed by atoms with Crippen molar-refractivity contribution in [3.8, 4) is 0 Å². The third-order valence-electron chi connectivity index (χ3n) is 4.23. The summed E-state index contributed by atoms with van der Waals surface area (Å²) >= 11 is 0. The predicted molar refractivity (Wildman–Crippen MR) is 79.5 cm³/mol. The summed E-state index contributed by atoms with van der Waals surface area (Å²) in [5, 5.41) is 0. The molecule has 104 valence electrons. The average molecular weight is 259 g/mol. The van der Waals surface area contributed by atoms with Crippen molar-refractivity contribution in [2.45, 2.75) is 52.5 Å². The number of aryl methyl sites for hydroxylation is 2. The first kappa shape index (κ1) is 14.3. The minimum Gasteiger partial charge on any atom is -0.297 e. The first-order chi connectivity index (χ1) is 8.89. The predicted octanol–water partition coefficient (Wildman–Crippen LogP) is 3.29. The summed E-state index contributed by atoms with van der Waals surface area (Å²) in [4.78, 5) is 14.9. The van der Waals surface area contributed by atoms with Crippen LogP contribution in [0, 0.1) is 13.8 Å². The highest BCUT2D eigenvalue weighted by Crippen LogP contribution is 2.23. The molecule has 1 aromatic rings. The molecule has 0 unspecified atom stereocenters. The van der Waals surface area contributed by atoms with E-state index in [1.807, 2.05) is 0 Å². The molecule has 2 nitrogen and oxygen atoms in total. The molecule has 0 aromatic heterocycles. The fraction of sp³-hybridized carbons (Fsp3) is 0.588. The van der Waals surface area contributed by atoms with Crippen LogP contribution in [0.5, 0.6) is 0 Å². The number of benzene rings is 1. The van der Waals surface area contributed by atoms with Gasteiger partial charge in [-0.15, -0.1) is 0 Å². The number of hydrogen-bond acceptors (Lipinski definition) is 2. The van der Waals surface area contributed by atoms with Crippen LogP contribution in [-0.4, -0.2) is 29.3 Å². The molecule has 19 heavy (non-hydrogen) atoms. The molecule has 0 N–H and O–H groups in total. The molecule has 0 aliphatic carbocycles. The molecule has 0 spiro atoms. The molecule has 0 amide bonds. The fourth-order valence-electron chi connectivity index (χ4n) is 3.03. The van der Waals surface area contributed by atoms with E-state index in [2.05, 4.69) is 50.8 Å². The molecule has 2 heteroatoms. The van der Waals surface area contributed by atoms with E-state index in [9.17, 15) is 4.79 Å². The summed E-state index contributed by atoms with van der Waals surface area (Å²) in [6.45, 7) is 10.4. The van der Waals surface area contributed by atoms with Crippen molar-refractivity contribution in [2.75, 3.05) is 13.1 Å². The zero-order chi connectivity index (χ0) is 14.0. The van der Waals surface area contributed by atoms with Crippen LogP contribution >= 0.6 is 0 Å². The Morgan fingerprint density at radius 2 is 1.63 bits per heavy atom. The van der Waals surface area contributed by atoms with Crippen molar-refractivity contribution in [3.05, 3.63) is 34.9 Å². The van der Waals surface area contributed by atoms with Crippen molar-refractivity contribution in [1.82, 2.24) is 4.90 Å². The standard InChI is InChI=1S/C17H25NO/c1-13-9-14(2)11-15(10-13)12-16(19)17(3,4)18-7-5-6-8-18/h9-11H,5-8,12H2,1-4H3. The quantitative estimate of drug-likeness (QED) is 0.827. The third kappa shape index (κ3) is 3.24. The molecule has 1 aromatic carbocycles. The van der Waals surface area contributed by atoms with Gasteiger partial charge < -0.3 is 0 Å². The van der Waals surface area contributed by atoms with Crippen molar-refractivity contribution in [3.63, 3.8) is 0 Å². The molecule has 0 saturated carbocycles. The Morgan fingerprint density at radius 3 is 2.16 bits per heavy atom. The highest BCUT2D eigenvalue weighted by atomic mass is 16.1. The van der Waals surface area contributed by atoms with Gasteiger partial charge in [-0.2, -0.15) is 0 Å². The van der Waals surface area contributed by atoms with Gasteiger partial charge in [0.1, 0.15) is 0 Å². The van der Waals surface area contributed by atoms with Crippen molar-refractivity contribution < 1.29 is 4.79 Å². The maximum atomic E-state index is 12.6. The second-order valence-electron chi connectivity index (χ2n) is 6.35. The van der Waals surface area contributed by atoms with E-state index in [4.69, 9.17) is 0 Å². The van der Waals surface area contributed by atoms with Crippen LogP contribution in [0.2, 0.25) is 0 Å². The van der Waals surface area contributed by atoms with Crippen LogP contribution in [-0.2, 0) is 11.2 Å². The third-order valence-corrected chi connectivity index (χ3v) is 4.23. The van der Waals surface area contributed by atoms with E-state index in [-0.39, 0.29) is 5.54 Å². The first-order valence-electron chi connectivity index (χ1n) is 7.25. The van der Waals surface area contributed by atoms with E-state index >= 15 is 0 Å². The molecule has 2 rings (SSSR count). The minimum absolute atomic E-state index is 0.325. The van der Waals surface area contributed by atoms with Gasteiger partial charge >= 0.3 is 0 Å². The molecule has 1 aliphatic rings. The lowest BCUT2D eigenvalue weighted by molar-refractivity contribution is -0.128. The maximum absolute atomic E-state index is 12.6. The van der Waals surface area contributed by atoms with E-state index in [1.165, 1.54) is 24.0 Å². The summed E-state index contributed by atoms with van der Waals surface area (Å²) in [5.74, 6) is 0.333. The molecule has 0 radical (unpaired) electrons. The van der Waals surface area contributed by atoms with Gasteiger partial charge in [0, 0.05) is 6.42 Å². The van der Waals surface area contributed by atoms with Gasteiger partial charge in [-0.3, -0.25) is 9.69 Å². The molecular weight excluding hydrogens is 234 g/mol. The number of ketones is 1. The number of nitrogens with zero attached hydrogens (tertiary/aromatic N) is 1. The second kappa shape index (κ2) is 5.46. The van der Waals surface area contributed by atoms with Crippen LogP contribution in [0.4, 0.5) is 0 Å². The van der Waals surface area contributed by atoms with Crippen LogP contribution in [0.25, 0.3) is 0 Å². The normalized spacial score (nSPS) is 16.8. The Kier molecular flexibility index (Phi) is 4.10. The number of carbonyl (C=O) groups excluding carboxylic acids is 1. The minimum atomic E-state index is -0.325. The number of carbonyl (C=O) groups is 1. The molecule has 1 aliphatic heterocycles. The van der Waals surface area contributed by atoms with Gasteiger partial charge in [-0.1, -0.05) is 29.3 Å². The Bertz CT molecular complexity index is 450. The fourth-order valence-corrected chi connectivity index (χ4v) is 3.03. The maximum Gasteiger partial charge on any atom is 0.156 e. The monoisotopic (exact) mass is 259 g/mol. The van der Waals surface area contributed by atoms with Gasteiger partial charge in [0.05, 0.1) is 5.54 Å². The number of rotatable bonds is 4. The summed E-state index contributed by atoms with van der Waals surface area (Å²) in [6.07, 6.45) is 2.99. The average Bonchev–Trinajstić information content (AvgIpc) is 2.80. The van der Waals surface area contributed by atoms with Crippen LogP contribution in [0.15, 0.2) is 18.2 Å². The van der Waals surface area contributed by atoms with Gasteiger partial charge in [0.2, 0.25) is 0 Å². The van der Waals surface area contributed by atoms with Crippen molar-refractivity contribution in [2.24, 2.45) is 0 Å². The van der Waals surface area contributed by atoms with Crippen molar-refractivity contribution in [1.29, 1.82) is 0 Å². The summed E-state index contributed by atoms with van der Waals surface area (Å²) in [5.41, 5.74) is 3.30. The van der Waals surface area contributed by atoms with Crippen LogP contribution in [0.3, 0.4) is 0 Å². The van der Waals surface area contributed by atoms with Gasteiger partial charge in [-0.25, -0.2) is 0 Å². The molecule has 0 bridgehead atoms. The van der Waals surface area contributed by atoms with E-state index < -0.39 is 0 Å². The molecular formula is C17H25NO. The molecule has 1 heterocycles. The Balaban J connectivity index is 2.11. The smallest absolute Gasteiger partial charge is 0.156 e. The molecule has 0 atom stereocenters. The Morgan fingerprint density at radius 1 is 1.11 bits per heavy atom. The summed E-state index contributed by atoms with van der Waals surface area (Å²) < 4.78 is 0. The van der Waals surface area contributed by atoms with E-state index in [0.717, 1.165) is 18.7 Å². The topological polar surface area (TPSA) is 20.3 Å². The van der Waals surface area contributed by atoms with E-state index in [1.54, 1.807) is 0 Å². The Hall–Kier alpha value is -1.15. The number of Topliss-reactive ketones (excluding diaryl/α,β-unsaturated/α-hetero) is 1. The summed E-state index contributed by atoms with van der Waals surface area (Å²) in [7, 11) is 0. The zero-order valence-electron chi connectivity index (χ0n) is 12.6. The number of likely N-dealkylation sites (tertiary alicyclic amines) is 1. The first-order valence-corrected chi connectivity index (χ1v) is 7.25. The van der Waals surface area contributed by atoms with Gasteiger partial charge in [-0.05, 0) is 59.2 Å². The highest BCUT2D eigenvalue weighted by molar-refractivity contribution is 5.89. The van der Waals surface area contributed by atoms with Gasteiger partial charge in [0.25, 0.3) is 0 Å². The highest BCUT2D eigenvalue weighted by Gasteiger charge is 2.35. The second-order valence-corrected chi connectivity index (χ2v) is 6.35. The van der Waals surface area contributed by atoms with Crippen molar-refractivity contribution >= 4 is 5.78 Å².